The van der Waals surface area contributed by atoms with Gasteiger partial charge in [-0.1, -0.05) is 48.5 Å². The first kappa shape index (κ1) is 32.2. The van der Waals surface area contributed by atoms with Crippen molar-refractivity contribution in [2.45, 2.75) is 51.4 Å². The molecule has 7 nitrogen and oxygen atoms in total. The number of nitrogens with one attached hydrogen (secondary N) is 1. The summed E-state index contributed by atoms with van der Waals surface area (Å²) in [5.74, 6) is 0.163. The average Bonchev–Trinajstić information content (AvgIpc) is 3.29. The molecular formula is C33H42N2O5S. The van der Waals surface area contributed by atoms with Crippen LogP contribution in [0.3, 0.4) is 0 Å². The van der Waals surface area contributed by atoms with Crippen molar-refractivity contribution in [3.8, 4) is 16.9 Å². The second-order valence-corrected chi connectivity index (χ2v) is 11.3. The molecule has 0 aliphatic carbocycles. The van der Waals surface area contributed by atoms with Gasteiger partial charge in [-0.05, 0) is 78.8 Å². The Labute approximate surface area is 248 Å². The first-order chi connectivity index (χ1) is 19.8. The SMILES string of the molecule is COC.CSCCC(NC(=O)c1ccc(CN2CC(Oc3ccccc3)CC2C)cc1-c1ccccc1C)C(=O)O. The number of carboxylic acids is 1. The van der Waals surface area contributed by atoms with Crippen molar-refractivity contribution in [2.24, 2.45) is 0 Å². The number of aliphatic carboxylic acids is 1. The molecule has 4 rings (SSSR count). The first-order valence-electron chi connectivity index (χ1n) is 13.8. The van der Waals surface area contributed by atoms with Gasteiger partial charge < -0.3 is 19.9 Å². The lowest BCUT2D eigenvalue weighted by atomic mass is 9.93. The number of hydrogen-bond donors (Lipinski definition) is 2. The highest BCUT2D eigenvalue weighted by Gasteiger charge is 2.31. The van der Waals surface area contributed by atoms with Crippen molar-refractivity contribution in [3.05, 3.63) is 89.5 Å². The van der Waals surface area contributed by atoms with Crippen LogP contribution in [-0.2, 0) is 16.1 Å². The van der Waals surface area contributed by atoms with Crippen LogP contribution in [0.5, 0.6) is 5.75 Å². The van der Waals surface area contributed by atoms with Crippen LogP contribution in [0.25, 0.3) is 11.1 Å². The zero-order chi connectivity index (χ0) is 29.8. The molecule has 0 radical (unpaired) electrons. The van der Waals surface area contributed by atoms with Gasteiger partial charge in [0.25, 0.3) is 5.91 Å². The predicted molar refractivity (Wildman–Crippen MR) is 167 cm³/mol. The largest absolute Gasteiger partial charge is 0.489 e. The lowest BCUT2D eigenvalue weighted by Crippen LogP contribution is -2.41. The molecule has 0 saturated carbocycles. The van der Waals surface area contributed by atoms with Gasteiger partial charge in [-0.25, -0.2) is 4.79 Å². The molecule has 3 aromatic carbocycles. The summed E-state index contributed by atoms with van der Waals surface area (Å²) in [5, 5.41) is 12.4. The molecule has 41 heavy (non-hydrogen) atoms. The molecule has 0 aromatic heterocycles. The molecule has 0 spiro atoms. The molecule has 220 valence electrons. The molecule has 2 N–H and O–H groups in total. The van der Waals surface area contributed by atoms with E-state index in [2.05, 4.69) is 27.9 Å². The molecular weight excluding hydrogens is 536 g/mol. The van der Waals surface area contributed by atoms with Gasteiger partial charge in [0.2, 0.25) is 0 Å². The topological polar surface area (TPSA) is 88.1 Å². The van der Waals surface area contributed by atoms with Gasteiger partial charge in [-0.2, -0.15) is 11.8 Å². The Balaban J connectivity index is 0.00000147. The summed E-state index contributed by atoms with van der Waals surface area (Å²) in [5.41, 5.74) is 4.43. The molecule has 1 amide bonds. The lowest BCUT2D eigenvalue weighted by molar-refractivity contribution is -0.139. The first-order valence-corrected chi connectivity index (χ1v) is 15.2. The number of rotatable bonds is 11. The number of aryl methyl sites for hydroxylation is 1. The van der Waals surface area contributed by atoms with E-state index in [0.29, 0.717) is 23.8 Å². The maximum Gasteiger partial charge on any atom is 0.326 e. The number of benzene rings is 3. The number of para-hydroxylation sites is 1. The second kappa shape index (κ2) is 16.2. The molecule has 8 heteroatoms. The second-order valence-electron chi connectivity index (χ2n) is 10.3. The van der Waals surface area contributed by atoms with Crippen molar-refractivity contribution in [3.63, 3.8) is 0 Å². The molecule has 1 aliphatic heterocycles. The number of methoxy groups -OCH3 is 1. The minimum Gasteiger partial charge on any atom is -0.489 e. The highest BCUT2D eigenvalue weighted by Crippen LogP contribution is 2.30. The summed E-state index contributed by atoms with van der Waals surface area (Å²) in [7, 11) is 3.25. The highest BCUT2D eigenvalue weighted by molar-refractivity contribution is 7.98. The Morgan fingerprint density at radius 3 is 2.39 bits per heavy atom. The zero-order valence-corrected chi connectivity index (χ0v) is 25.4. The smallest absolute Gasteiger partial charge is 0.326 e. The number of ether oxygens (including phenoxy) is 2. The maximum absolute atomic E-state index is 13.3. The molecule has 1 aliphatic rings. The van der Waals surface area contributed by atoms with Crippen molar-refractivity contribution in [2.75, 3.05) is 32.8 Å². The van der Waals surface area contributed by atoms with Crippen molar-refractivity contribution in [1.29, 1.82) is 0 Å². The number of thioether (sulfide) groups is 1. The third-order valence-electron chi connectivity index (χ3n) is 7.08. The summed E-state index contributed by atoms with van der Waals surface area (Å²) in [4.78, 5) is 27.5. The highest BCUT2D eigenvalue weighted by atomic mass is 32.2. The fourth-order valence-electron chi connectivity index (χ4n) is 4.99. The van der Waals surface area contributed by atoms with Crippen LogP contribution >= 0.6 is 11.8 Å². The number of carbonyl (C=O) groups is 2. The molecule has 1 fully saturated rings. The van der Waals surface area contributed by atoms with Crippen LogP contribution in [0, 0.1) is 6.92 Å². The van der Waals surface area contributed by atoms with E-state index in [1.54, 1.807) is 26.0 Å². The normalized spacial score (nSPS) is 17.3. The molecule has 3 aromatic rings. The number of likely N-dealkylation sites (tertiary alicyclic amines) is 1. The summed E-state index contributed by atoms with van der Waals surface area (Å²) in [6, 6.07) is 23.2. The van der Waals surface area contributed by atoms with E-state index in [0.717, 1.165) is 47.5 Å². The summed E-state index contributed by atoms with van der Waals surface area (Å²) in [6.45, 7) is 5.81. The summed E-state index contributed by atoms with van der Waals surface area (Å²) in [6.07, 6.45) is 3.38. The van der Waals surface area contributed by atoms with Crippen LogP contribution in [0.1, 0.15) is 41.3 Å². The maximum atomic E-state index is 13.3. The van der Waals surface area contributed by atoms with E-state index < -0.39 is 12.0 Å². The van der Waals surface area contributed by atoms with Gasteiger partial charge >= 0.3 is 5.97 Å². The van der Waals surface area contributed by atoms with Gasteiger partial charge in [-0.3, -0.25) is 9.69 Å². The third kappa shape index (κ3) is 9.35. The lowest BCUT2D eigenvalue weighted by Gasteiger charge is -2.22. The number of hydrogen-bond acceptors (Lipinski definition) is 6. The third-order valence-corrected chi connectivity index (χ3v) is 7.72. The molecule has 1 heterocycles. The predicted octanol–water partition coefficient (Wildman–Crippen LogP) is 5.90. The molecule has 0 bridgehead atoms. The number of amides is 1. The summed E-state index contributed by atoms with van der Waals surface area (Å²) < 4.78 is 10.5. The van der Waals surface area contributed by atoms with Gasteiger partial charge in [0.1, 0.15) is 17.9 Å². The number of nitrogens with zero attached hydrogens (tertiary/aromatic N) is 1. The van der Waals surface area contributed by atoms with Gasteiger partial charge in [0.05, 0.1) is 0 Å². The fourth-order valence-corrected chi connectivity index (χ4v) is 5.46. The van der Waals surface area contributed by atoms with Crippen LogP contribution in [0.15, 0.2) is 72.8 Å². The quantitative estimate of drug-likeness (QED) is 0.293. The molecule has 3 unspecified atom stereocenters. The van der Waals surface area contributed by atoms with Gasteiger partial charge in [0.15, 0.2) is 0 Å². The van der Waals surface area contributed by atoms with Crippen molar-refractivity contribution in [1.82, 2.24) is 10.2 Å². The zero-order valence-electron chi connectivity index (χ0n) is 24.6. The van der Waals surface area contributed by atoms with E-state index in [4.69, 9.17) is 4.74 Å². The van der Waals surface area contributed by atoms with Crippen molar-refractivity contribution >= 4 is 23.6 Å². The Hall–Kier alpha value is -3.33. The Bertz CT molecular complexity index is 1270. The summed E-state index contributed by atoms with van der Waals surface area (Å²) >= 11 is 1.56. The Morgan fingerprint density at radius 1 is 1.05 bits per heavy atom. The minimum atomic E-state index is -1.02. The van der Waals surface area contributed by atoms with Crippen LogP contribution < -0.4 is 10.1 Å². The standard InChI is InChI=1S/C31H36N2O4S.C2H6O/c1-21-9-7-8-12-26(21)28-18-23(13-14-27(28)30(34)32-29(31(35)36)15-16-38-3)19-33-20-25(17-22(33)2)37-24-10-5-4-6-11-24;1-3-2/h4-14,18,22,25,29H,15-17,19-20H2,1-3H3,(H,32,34)(H,35,36);1-2H3. The minimum absolute atomic E-state index is 0.127. The van der Waals surface area contributed by atoms with Crippen LogP contribution in [-0.4, -0.2) is 72.8 Å². The van der Waals surface area contributed by atoms with E-state index in [1.807, 2.05) is 79.9 Å². The van der Waals surface area contributed by atoms with E-state index >= 15 is 0 Å². The molecule has 1 saturated heterocycles. The van der Waals surface area contributed by atoms with Crippen molar-refractivity contribution < 1.29 is 24.2 Å². The fraction of sp³-hybridized carbons (Fsp3) is 0.394. The number of carbonyl (C=O) groups excluding carboxylic acids is 1. The Kier molecular flexibility index (Phi) is 12.7. The molecule has 3 atom stereocenters. The van der Waals surface area contributed by atoms with Crippen LogP contribution in [0.2, 0.25) is 0 Å². The number of carboxylic acid groups (broad SMARTS) is 1. The van der Waals surface area contributed by atoms with E-state index in [1.165, 1.54) is 0 Å². The van der Waals surface area contributed by atoms with E-state index in [-0.39, 0.29) is 12.0 Å². The van der Waals surface area contributed by atoms with E-state index in [9.17, 15) is 14.7 Å². The monoisotopic (exact) mass is 578 g/mol. The van der Waals surface area contributed by atoms with Gasteiger partial charge in [-0.15, -0.1) is 0 Å². The Morgan fingerprint density at radius 2 is 1.73 bits per heavy atom. The van der Waals surface area contributed by atoms with Crippen LogP contribution in [0.4, 0.5) is 0 Å². The average molecular weight is 579 g/mol. The van der Waals surface area contributed by atoms with Gasteiger partial charge in [0, 0.05) is 45.3 Å².